The minimum absolute atomic E-state index is 0.00860. The molecule has 0 bridgehead atoms. The molecule has 0 radical (unpaired) electrons. The molecule has 20 heavy (non-hydrogen) atoms. The van der Waals surface area contributed by atoms with Crippen LogP contribution in [-0.4, -0.2) is 44.2 Å². The standard InChI is InChI=1S/C15H20FNO3/c1-19-10-12-3-2-8-17(9-12)15(18)11-20-14-6-4-13(16)5-7-14/h4-7,12H,2-3,8-11H2,1H3. The number of hydrogen-bond donors (Lipinski definition) is 0. The van der Waals surface area contributed by atoms with E-state index in [9.17, 15) is 9.18 Å². The lowest BCUT2D eigenvalue weighted by molar-refractivity contribution is -0.135. The zero-order valence-electron chi connectivity index (χ0n) is 11.7. The number of benzene rings is 1. The maximum atomic E-state index is 12.7. The SMILES string of the molecule is COCC1CCCN(C(=O)COc2ccc(F)cc2)C1. The number of hydrogen-bond acceptors (Lipinski definition) is 3. The summed E-state index contributed by atoms with van der Waals surface area (Å²) in [7, 11) is 1.68. The van der Waals surface area contributed by atoms with E-state index in [-0.39, 0.29) is 18.3 Å². The average Bonchev–Trinajstić information content (AvgIpc) is 2.47. The average molecular weight is 281 g/mol. The lowest BCUT2D eigenvalue weighted by atomic mass is 9.99. The third kappa shape index (κ3) is 4.20. The van der Waals surface area contributed by atoms with Crippen molar-refractivity contribution in [3.8, 4) is 5.75 Å². The van der Waals surface area contributed by atoms with E-state index in [1.807, 2.05) is 4.90 Å². The number of amides is 1. The van der Waals surface area contributed by atoms with Gasteiger partial charge in [0.1, 0.15) is 11.6 Å². The summed E-state index contributed by atoms with van der Waals surface area (Å²) in [5.74, 6) is 0.561. The number of carbonyl (C=O) groups is 1. The molecule has 5 heteroatoms. The predicted octanol–water partition coefficient (Wildman–Crippen LogP) is 2.09. The highest BCUT2D eigenvalue weighted by molar-refractivity contribution is 5.77. The third-order valence-electron chi connectivity index (χ3n) is 3.45. The van der Waals surface area contributed by atoms with Crippen molar-refractivity contribution in [3.63, 3.8) is 0 Å². The van der Waals surface area contributed by atoms with Crippen molar-refractivity contribution >= 4 is 5.91 Å². The number of nitrogens with zero attached hydrogens (tertiary/aromatic N) is 1. The lowest BCUT2D eigenvalue weighted by Gasteiger charge is -2.32. The minimum Gasteiger partial charge on any atom is -0.484 e. The van der Waals surface area contributed by atoms with Crippen molar-refractivity contribution in [3.05, 3.63) is 30.1 Å². The molecule has 1 aromatic carbocycles. The van der Waals surface area contributed by atoms with Gasteiger partial charge in [0.05, 0.1) is 6.61 Å². The van der Waals surface area contributed by atoms with Crippen molar-refractivity contribution in [1.82, 2.24) is 4.90 Å². The van der Waals surface area contributed by atoms with Gasteiger partial charge in [-0.25, -0.2) is 4.39 Å². The first-order valence-corrected chi connectivity index (χ1v) is 6.84. The summed E-state index contributed by atoms with van der Waals surface area (Å²) in [5, 5.41) is 0. The second-order valence-electron chi connectivity index (χ2n) is 5.05. The van der Waals surface area contributed by atoms with E-state index in [0.717, 1.165) is 25.9 Å². The Bertz CT molecular complexity index is 433. The van der Waals surface area contributed by atoms with E-state index in [1.165, 1.54) is 24.3 Å². The second-order valence-corrected chi connectivity index (χ2v) is 5.05. The summed E-state index contributed by atoms with van der Waals surface area (Å²) in [6, 6.07) is 5.67. The van der Waals surface area contributed by atoms with E-state index in [2.05, 4.69) is 0 Å². The summed E-state index contributed by atoms with van der Waals surface area (Å²) in [6.07, 6.45) is 2.09. The summed E-state index contributed by atoms with van der Waals surface area (Å²) < 4.78 is 23.3. The molecule has 4 nitrogen and oxygen atoms in total. The molecule has 0 aromatic heterocycles. The summed E-state index contributed by atoms with van der Waals surface area (Å²) in [5.41, 5.74) is 0. The van der Waals surface area contributed by atoms with Crippen LogP contribution in [0, 0.1) is 11.7 Å². The van der Waals surface area contributed by atoms with Gasteiger partial charge in [0.15, 0.2) is 6.61 Å². The van der Waals surface area contributed by atoms with Crippen molar-refractivity contribution in [2.24, 2.45) is 5.92 Å². The van der Waals surface area contributed by atoms with Crippen LogP contribution in [0.25, 0.3) is 0 Å². The minimum atomic E-state index is -0.317. The number of rotatable bonds is 5. The van der Waals surface area contributed by atoms with Crippen LogP contribution >= 0.6 is 0 Å². The van der Waals surface area contributed by atoms with E-state index >= 15 is 0 Å². The van der Waals surface area contributed by atoms with Gasteiger partial charge in [-0.15, -0.1) is 0 Å². The number of methoxy groups -OCH3 is 1. The lowest BCUT2D eigenvalue weighted by Crippen LogP contribution is -2.43. The van der Waals surface area contributed by atoms with Gasteiger partial charge in [-0.3, -0.25) is 4.79 Å². The van der Waals surface area contributed by atoms with E-state index in [4.69, 9.17) is 9.47 Å². The predicted molar refractivity (Wildman–Crippen MR) is 73.1 cm³/mol. The van der Waals surface area contributed by atoms with Crippen LogP contribution in [0.4, 0.5) is 4.39 Å². The Morgan fingerprint density at radius 2 is 2.15 bits per heavy atom. The van der Waals surface area contributed by atoms with E-state index in [1.54, 1.807) is 7.11 Å². The van der Waals surface area contributed by atoms with Crippen molar-refractivity contribution in [1.29, 1.82) is 0 Å². The zero-order valence-corrected chi connectivity index (χ0v) is 11.7. The van der Waals surface area contributed by atoms with Gasteiger partial charge in [0.2, 0.25) is 0 Å². The first kappa shape index (κ1) is 14.8. The molecule has 1 aliphatic rings. The molecule has 1 fully saturated rings. The van der Waals surface area contributed by atoms with Gasteiger partial charge < -0.3 is 14.4 Å². The van der Waals surface area contributed by atoms with Crippen LogP contribution < -0.4 is 4.74 Å². The summed E-state index contributed by atoms with van der Waals surface area (Å²) >= 11 is 0. The molecule has 0 spiro atoms. The number of likely N-dealkylation sites (tertiary alicyclic amines) is 1. The Kier molecular flexibility index (Phi) is 5.35. The Morgan fingerprint density at radius 3 is 2.85 bits per heavy atom. The first-order chi connectivity index (χ1) is 9.69. The number of piperidine rings is 1. The van der Waals surface area contributed by atoms with Crippen molar-refractivity contribution in [2.45, 2.75) is 12.8 Å². The summed E-state index contributed by atoms with van der Waals surface area (Å²) in [4.78, 5) is 13.9. The van der Waals surface area contributed by atoms with Gasteiger partial charge in [0, 0.05) is 20.2 Å². The Balaban J connectivity index is 1.80. The van der Waals surface area contributed by atoms with Crippen molar-refractivity contribution < 1.29 is 18.7 Å². The fraction of sp³-hybridized carbons (Fsp3) is 0.533. The molecular weight excluding hydrogens is 261 g/mol. The molecule has 110 valence electrons. The quantitative estimate of drug-likeness (QED) is 0.829. The maximum Gasteiger partial charge on any atom is 0.260 e. The smallest absolute Gasteiger partial charge is 0.260 e. The van der Waals surface area contributed by atoms with E-state index in [0.29, 0.717) is 18.3 Å². The highest BCUT2D eigenvalue weighted by atomic mass is 19.1. The van der Waals surface area contributed by atoms with Crippen LogP contribution in [0.5, 0.6) is 5.75 Å². The Hall–Kier alpha value is -1.62. The topological polar surface area (TPSA) is 38.8 Å². The van der Waals surface area contributed by atoms with Gasteiger partial charge in [-0.2, -0.15) is 0 Å². The van der Waals surface area contributed by atoms with Gasteiger partial charge in [0.25, 0.3) is 5.91 Å². The molecule has 1 amide bonds. The molecule has 0 aliphatic carbocycles. The number of ether oxygens (including phenoxy) is 2. The molecule has 1 saturated heterocycles. The molecular formula is C15H20FNO3. The van der Waals surface area contributed by atoms with Gasteiger partial charge in [-0.1, -0.05) is 0 Å². The monoisotopic (exact) mass is 281 g/mol. The molecule has 1 unspecified atom stereocenters. The molecule has 1 aliphatic heterocycles. The van der Waals surface area contributed by atoms with Crippen LogP contribution in [0.15, 0.2) is 24.3 Å². The molecule has 0 saturated carbocycles. The van der Waals surface area contributed by atoms with Gasteiger partial charge in [-0.05, 0) is 43.0 Å². The molecule has 0 N–H and O–H groups in total. The van der Waals surface area contributed by atoms with Crippen molar-refractivity contribution in [2.75, 3.05) is 33.4 Å². The van der Waals surface area contributed by atoms with Crippen LogP contribution in [0.2, 0.25) is 0 Å². The maximum absolute atomic E-state index is 12.7. The number of carbonyl (C=O) groups excluding carboxylic acids is 1. The first-order valence-electron chi connectivity index (χ1n) is 6.84. The largest absolute Gasteiger partial charge is 0.484 e. The third-order valence-corrected chi connectivity index (χ3v) is 3.45. The molecule has 1 atom stereocenters. The molecule has 1 aromatic rings. The Morgan fingerprint density at radius 1 is 1.40 bits per heavy atom. The fourth-order valence-electron chi connectivity index (χ4n) is 2.43. The highest BCUT2D eigenvalue weighted by Gasteiger charge is 2.23. The van der Waals surface area contributed by atoms with Crippen LogP contribution in [-0.2, 0) is 9.53 Å². The fourth-order valence-corrected chi connectivity index (χ4v) is 2.43. The van der Waals surface area contributed by atoms with Crippen LogP contribution in [0.3, 0.4) is 0 Å². The molecule has 1 heterocycles. The van der Waals surface area contributed by atoms with E-state index < -0.39 is 0 Å². The number of halogens is 1. The van der Waals surface area contributed by atoms with Crippen LogP contribution in [0.1, 0.15) is 12.8 Å². The molecule has 2 rings (SSSR count). The van der Waals surface area contributed by atoms with Gasteiger partial charge >= 0.3 is 0 Å². The summed E-state index contributed by atoms with van der Waals surface area (Å²) in [6.45, 7) is 2.17. The second kappa shape index (κ2) is 7.24. The highest BCUT2D eigenvalue weighted by Crippen LogP contribution is 2.17. The normalized spacial score (nSPS) is 18.9. The zero-order chi connectivity index (χ0) is 14.4. The Labute approximate surface area is 118 Å².